The Hall–Kier alpha value is -1.05. The lowest BCUT2D eigenvalue weighted by Gasteiger charge is -2.04. The molecule has 0 radical (unpaired) electrons. The van der Waals surface area contributed by atoms with Gasteiger partial charge in [-0.1, -0.05) is 13.5 Å². The van der Waals surface area contributed by atoms with Crippen LogP contribution in [0.2, 0.25) is 0 Å². The second-order valence-corrected chi connectivity index (χ2v) is 2.50. The lowest BCUT2D eigenvalue weighted by molar-refractivity contribution is 0.808. The van der Waals surface area contributed by atoms with Gasteiger partial charge in [-0.15, -0.1) is 0 Å². The standard InChI is InChI=1S/C8H11NO.CH4/c1-6-4-5-8(10)9(3)7(6)2;/h4-5H,1-3H3;1H4. The van der Waals surface area contributed by atoms with Crippen LogP contribution in [0.4, 0.5) is 0 Å². The number of aryl methyl sites for hydroxylation is 1. The summed E-state index contributed by atoms with van der Waals surface area (Å²) in [5.41, 5.74) is 2.25. The van der Waals surface area contributed by atoms with Gasteiger partial charge in [-0.05, 0) is 19.4 Å². The molecule has 0 spiro atoms. The molecule has 0 bridgehead atoms. The molecule has 0 saturated carbocycles. The van der Waals surface area contributed by atoms with Gasteiger partial charge in [0, 0.05) is 18.8 Å². The number of pyridine rings is 1. The zero-order valence-electron chi connectivity index (χ0n) is 6.51. The molecule has 0 unspecified atom stereocenters. The first kappa shape index (κ1) is 9.95. The number of aromatic nitrogens is 1. The summed E-state index contributed by atoms with van der Waals surface area (Å²) < 4.78 is 1.65. The molecule has 62 valence electrons. The molecule has 11 heavy (non-hydrogen) atoms. The summed E-state index contributed by atoms with van der Waals surface area (Å²) in [6.45, 7) is 3.94. The van der Waals surface area contributed by atoms with Crippen LogP contribution in [0.25, 0.3) is 0 Å². The van der Waals surface area contributed by atoms with Crippen molar-refractivity contribution in [3.63, 3.8) is 0 Å². The Kier molecular flexibility index (Phi) is 3.05. The van der Waals surface area contributed by atoms with E-state index in [-0.39, 0.29) is 13.0 Å². The molecule has 0 saturated heterocycles. The maximum absolute atomic E-state index is 11.0. The minimum atomic E-state index is 0. The molecule has 0 aromatic carbocycles. The highest BCUT2D eigenvalue weighted by Crippen LogP contribution is 1.99. The van der Waals surface area contributed by atoms with Crippen molar-refractivity contribution in [3.8, 4) is 0 Å². The lowest BCUT2D eigenvalue weighted by Crippen LogP contribution is -2.17. The van der Waals surface area contributed by atoms with Crippen LogP contribution >= 0.6 is 0 Å². The van der Waals surface area contributed by atoms with Crippen molar-refractivity contribution < 1.29 is 0 Å². The van der Waals surface area contributed by atoms with Crippen LogP contribution in [0, 0.1) is 13.8 Å². The van der Waals surface area contributed by atoms with Crippen LogP contribution in [0.3, 0.4) is 0 Å². The topological polar surface area (TPSA) is 22.0 Å². The van der Waals surface area contributed by atoms with Crippen molar-refractivity contribution >= 4 is 0 Å². The summed E-state index contributed by atoms with van der Waals surface area (Å²) in [6, 6.07) is 3.43. The van der Waals surface area contributed by atoms with Gasteiger partial charge in [0.25, 0.3) is 0 Å². The van der Waals surface area contributed by atoms with E-state index in [2.05, 4.69) is 0 Å². The van der Waals surface area contributed by atoms with Gasteiger partial charge in [0.2, 0.25) is 5.56 Å². The summed E-state index contributed by atoms with van der Waals surface area (Å²) in [6.07, 6.45) is 0. The zero-order chi connectivity index (χ0) is 7.72. The molecule has 0 aliphatic rings. The average Bonchev–Trinajstić information content (AvgIpc) is 1.93. The Labute approximate surface area is 67.5 Å². The zero-order valence-corrected chi connectivity index (χ0v) is 6.51. The van der Waals surface area contributed by atoms with Gasteiger partial charge in [-0.2, -0.15) is 0 Å². The van der Waals surface area contributed by atoms with Gasteiger partial charge >= 0.3 is 0 Å². The number of hydrogen-bond acceptors (Lipinski definition) is 1. The van der Waals surface area contributed by atoms with Crippen LogP contribution in [-0.4, -0.2) is 4.57 Å². The summed E-state index contributed by atoms with van der Waals surface area (Å²) in [5, 5.41) is 0. The molecule has 2 nitrogen and oxygen atoms in total. The Bertz CT molecular complexity index is 299. The van der Waals surface area contributed by atoms with Gasteiger partial charge in [-0.25, -0.2) is 0 Å². The van der Waals surface area contributed by atoms with Crippen molar-refractivity contribution in [1.29, 1.82) is 0 Å². The molecule has 0 aliphatic carbocycles. The average molecular weight is 153 g/mol. The molecule has 0 fully saturated rings. The van der Waals surface area contributed by atoms with E-state index in [0.29, 0.717) is 0 Å². The smallest absolute Gasteiger partial charge is 0.250 e. The summed E-state index contributed by atoms with van der Waals surface area (Å²) in [7, 11) is 1.78. The monoisotopic (exact) mass is 153 g/mol. The van der Waals surface area contributed by atoms with Crippen LogP contribution in [0.15, 0.2) is 16.9 Å². The van der Waals surface area contributed by atoms with E-state index in [1.54, 1.807) is 17.7 Å². The third-order valence-corrected chi connectivity index (χ3v) is 1.88. The molecule has 1 rings (SSSR count). The minimum Gasteiger partial charge on any atom is -0.316 e. The molecular formula is C9H15NO. The second-order valence-electron chi connectivity index (χ2n) is 2.50. The lowest BCUT2D eigenvalue weighted by atomic mass is 10.2. The van der Waals surface area contributed by atoms with E-state index in [9.17, 15) is 4.79 Å². The van der Waals surface area contributed by atoms with Gasteiger partial charge in [0.1, 0.15) is 0 Å². The highest BCUT2D eigenvalue weighted by atomic mass is 16.1. The molecule has 1 aromatic heterocycles. The number of nitrogens with zero attached hydrogens (tertiary/aromatic N) is 1. The van der Waals surface area contributed by atoms with E-state index < -0.39 is 0 Å². The molecule has 2 heteroatoms. The Morgan fingerprint density at radius 1 is 1.27 bits per heavy atom. The maximum Gasteiger partial charge on any atom is 0.250 e. The fourth-order valence-corrected chi connectivity index (χ4v) is 0.859. The highest BCUT2D eigenvalue weighted by molar-refractivity contribution is 5.17. The first-order valence-electron chi connectivity index (χ1n) is 3.26. The predicted octanol–water partition coefficient (Wildman–Crippen LogP) is 1.64. The highest BCUT2D eigenvalue weighted by Gasteiger charge is 1.95. The fourth-order valence-electron chi connectivity index (χ4n) is 0.859. The number of rotatable bonds is 0. The van der Waals surface area contributed by atoms with Crippen LogP contribution in [-0.2, 0) is 7.05 Å². The molecule has 0 aliphatic heterocycles. The van der Waals surface area contributed by atoms with Gasteiger partial charge < -0.3 is 4.57 Å². The summed E-state index contributed by atoms with van der Waals surface area (Å²) in [5.74, 6) is 0. The van der Waals surface area contributed by atoms with Crippen molar-refractivity contribution in [2.45, 2.75) is 21.3 Å². The van der Waals surface area contributed by atoms with E-state index in [4.69, 9.17) is 0 Å². The third kappa shape index (κ3) is 1.70. The van der Waals surface area contributed by atoms with Crippen LogP contribution < -0.4 is 5.56 Å². The second kappa shape index (κ2) is 3.37. The van der Waals surface area contributed by atoms with Gasteiger partial charge in [0.15, 0.2) is 0 Å². The van der Waals surface area contributed by atoms with Crippen molar-refractivity contribution in [3.05, 3.63) is 33.7 Å². The SMILES string of the molecule is C.Cc1ccc(=O)n(C)c1C. The number of hydrogen-bond donors (Lipinski definition) is 0. The van der Waals surface area contributed by atoms with Crippen LogP contribution in [0.1, 0.15) is 18.7 Å². The first-order valence-corrected chi connectivity index (χ1v) is 3.26. The van der Waals surface area contributed by atoms with E-state index in [1.165, 1.54) is 0 Å². The summed E-state index contributed by atoms with van der Waals surface area (Å²) in [4.78, 5) is 11.0. The van der Waals surface area contributed by atoms with Crippen molar-refractivity contribution in [2.75, 3.05) is 0 Å². The molecule has 0 atom stereocenters. The fraction of sp³-hybridized carbons (Fsp3) is 0.444. The molecule has 0 N–H and O–H groups in total. The van der Waals surface area contributed by atoms with E-state index >= 15 is 0 Å². The molecule has 1 aromatic rings. The minimum absolute atomic E-state index is 0. The molecular weight excluding hydrogens is 138 g/mol. The van der Waals surface area contributed by atoms with Crippen LogP contribution in [0.5, 0.6) is 0 Å². The molecule has 0 amide bonds. The quantitative estimate of drug-likeness (QED) is 0.555. The maximum atomic E-state index is 11.0. The first-order chi connectivity index (χ1) is 4.63. The Morgan fingerprint density at radius 3 is 2.27 bits per heavy atom. The Morgan fingerprint density at radius 2 is 1.82 bits per heavy atom. The summed E-state index contributed by atoms with van der Waals surface area (Å²) >= 11 is 0. The predicted molar refractivity (Wildman–Crippen MR) is 47.9 cm³/mol. The molecule has 1 heterocycles. The van der Waals surface area contributed by atoms with Gasteiger partial charge in [-0.3, -0.25) is 4.79 Å². The van der Waals surface area contributed by atoms with Crippen molar-refractivity contribution in [1.82, 2.24) is 4.57 Å². The normalized spacial score (nSPS) is 9.00. The van der Waals surface area contributed by atoms with Gasteiger partial charge in [0.05, 0.1) is 0 Å². The van der Waals surface area contributed by atoms with Crippen molar-refractivity contribution in [2.24, 2.45) is 7.05 Å². The van der Waals surface area contributed by atoms with E-state index in [0.717, 1.165) is 11.3 Å². The third-order valence-electron chi connectivity index (χ3n) is 1.88. The largest absolute Gasteiger partial charge is 0.316 e. The Balaban J connectivity index is 0.000001000. The van der Waals surface area contributed by atoms with E-state index in [1.807, 2.05) is 19.9 Å².